The monoisotopic (exact) mass is 635 g/mol. The molecule has 45 heavy (non-hydrogen) atoms. The number of hydrogen-bond acceptors (Lipinski definition) is 11. The smallest absolute Gasteiger partial charge is 0.411 e. The minimum absolute atomic E-state index is 0.00449. The molecule has 0 bridgehead atoms. The Balaban J connectivity index is 1.55. The molecule has 1 aromatic heterocycles. The molecule has 3 aromatic rings. The molecular weight excluding hydrogens is 602 g/mol. The van der Waals surface area contributed by atoms with E-state index >= 15 is 0 Å². The van der Waals surface area contributed by atoms with E-state index in [2.05, 4.69) is 41.5 Å². The van der Waals surface area contributed by atoms with Crippen molar-refractivity contribution in [3.8, 4) is 11.3 Å². The fraction of sp³-hybridized carbons (Fsp3) is 0.267. The summed E-state index contributed by atoms with van der Waals surface area (Å²) in [7, 11) is 3.03. The minimum atomic E-state index is -0.705. The first-order chi connectivity index (χ1) is 21.4. The molecule has 4 N–H and O–H groups in total. The van der Waals surface area contributed by atoms with Crippen molar-refractivity contribution in [3.05, 3.63) is 77.0 Å². The second-order valence-corrected chi connectivity index (χ2v) is 11.2. The number of halogens is 1. The van der Waals surface area contributed by atoms with Gasteiger partial charge in [-0.3, -0.25) is 10.1 Å². The Morgan fingerprint density at radius 3 is 2.51 bits per heavy atom. The summed E-state index contributed by atoms with van der Waals surface area (Å²) < 4.78 is 10.00. The Morgan fingerprint density at radius 1 is 1.09 bits per heavy atom. The summed E-state index contributed by atoms with van der Waals surface area (Å²) in [6, 6.07) is 13.2. The van der Waals surface area contributed by atoms with Gasteiger partial charge in [0.15, 0.2) is 0 Å². The molecule has 1 aliphatic rings. The second kappa shape index (κ2) is 14.5. The maximum absolute atomic E-state index is 13.2. The van der Waals surface area contributed by atoms with Crippen molar-refractivity contribution in [2.24, 2.45) is 5.10 Å². The number of ether oxygens (including phenoxy) is 2. The van der Waals surface area contributed by atoms with E-state index in [4.69, 9.17) is 16.3 Å². The number of carbonyl (C=O) groups is 3. The quantitative estimate of drug-likeness (QED) is 0.247. The molecule has 2 heterocycles. The number of hydrazone groups is 1. The summed E-state index contributed by atoms with van der Waals surface area (Å²) in [6.45, 7) is 5.28. The van der Waals surface area contributed by atoms with Gasteiger partial charge in [-0.15, -0.1) is 10.6 Å². The lowest BCUT2D eigenvalue weighted by molar-refractivity contribution is -0.117. The van der Waals surface area contributed by atoms with Gasteiger partial charge in [0.2, 0.25) is 5.91 Å². The number of hydrazine groups is 2. The Labute approximate surface area is 265 Å². The van der Waals surface area contributed by atoms with Crippen LogP contribution in [0.2, 0.25) is 5.02 Å². The molecule has 0 radical (unpaired) electrons. The van der Waals surface area contributed by atoms with Crippen molar-refractivity contribution < 1.29 is 23.9 Å². The number of alkyl carbamates (subject to hydrolysis) is 1. The number of carbonyl (C=O) groups excluding carboxylic acids is 3. The molecule has 15 heteroatoms. The summed E-state index contributed by atoms with van der Waals surface area (Å²) in [5.41, 5.74) is 6.04. The number of anilines is 2. The van der Waals surface area contributed by atoms with Crippen molar-refractivity contribution in [3.63, 3.8) is 0 Å². The van der Waals surface area contributed by atoms with Gasteiger partial charge in [0.25, 0.3) is 0 Å². The average molecular weight is 636 g/mol. The fourth-order valence-electron chi connectivity index (χ4n) is 4.07. The Morgan fingerprint density at radius 2 is 1.84 bits per heavy atom. The van der Waals surface area contributed by atoms with Crippen LogP contribution in [0.4, 0.5) is 21.0 Å². The minimum Gasteiger partial charge on any atom is -0.453 e. The van der Waals surface area contributed by atoms with Gasteiger partial charge in [-0.2, -0.15) is 10.2 Å². The van der Waals surface area contributed by atoms with Gasteiger partial charge in [0.05, 0.1) is 30.7 Å². The molecule has 14 nitrogen and oxygen atoms in total. The third-order valence-corrected chi connectivity index (χ3v) is 6.35. The highest BCUT2D eigenvalue weighted by atomic mass is 35.5. The molecule has 0 saturated carbocycles. The van der Waals surface area contributed by atoms with E-state index in [1.165, 1.54) is 24.5 Å². The maximum Gasteiger partial charge on any atom is 0.411 e. The van der Waals surface area contributed by atoms with E-state index < -0.39 is 29.7 Å². The number of nitrogens with zero attached hydrogens (tertiary/aromatic N) is 5. The Hall–Kier alpha value is -5.21. The first-order valence-corrected chi connectivity index (χ1v) is 14.1. The molecule has 1 atom stereocenters. The highest BCUT2D eigenvalue weighted by Gasteiger charge is 2.21. The van der Waals surface area contributed by atoms with Crippen molar-refractivity contribution in [2.75, 3.05) is 31.0 Å². The van der Waals surface area contributed by atoms with E-state index in [1.807, 2.05) is 0 Å². The summed E-state index contributed by atoms with van der Waals surface area (Å²) >= 11 is 6.24. The third-order valence-electron chi connectivity index (χ3n) is 6.11. The van der Waals surface area contributed by atoms with Gasteiger partial charge in [-0.25, -0.2) is 19.7 Å². The first kappa shape index (κ1) is 32.7. The average Bonchev–Trinajstić information content (AvgIpc) is 3.43. The van der Waals surface area contributed by atoms with Crippen LogP contribution in [0, 0.1) is 0 Å². The van der Waals surface area contributed by atoms with Crippen LogP contribution >= 0.6 is 11.6 Å². The number of aromatic nitrogens is 2. The van der Waals surface area contributed by atoms with Crippen LogP contribution in [0.3, 0.4) is 0 Å². The topological polar surface area (TPSA) is 162 Å². The molecule has 0 aliphatic carbocycles. The summed E-state index contributed by atoms with van der Waals surface area (Å²) in [5, 5.41) is 24.4. The fourth-order valence-corrected chi connectivity index (χ4v) is 4.26. The van der Waals surface area contributed by atoms with Crippen LogP contribution in [0.25, 0.3) is 17.3 Å². The van der Waals surface area contributed by atoms with Crippen molar-refractivity contribution >= 4 is 53.5 Å². The van der Waals surface area contributed by atoms with Gasteiger partial charge in [0, 0.05) is 41.5 Å². The molecule has 4 rings (SSSR count). The molecular formula is C30H34ClN9O5. The number of methoxy groups -OCH3 is 1. The number of hydrogen-bond donors (Lipinski definition) is 4. The van der Waals surface area contributed by atoms with Crippen LogP contribution in [-0.2, 0) is 14.3 Å². The molecule has 236 valence electrons. The third kappa shape index (κ3) is 9.64. The summed E-state index contributed by atoms with van der Waals surface area (Å²) in [4.78, 5) is 37.2. The SMILES string of the molecule is COC(=O)Nc1ccc(-c2cc(C(CNC(=O)OC(C)(C)C)NC(=O)/C=C/c3cc(Cl)ccc3N3C=NN(C)N3)cnn2)cc1. The van der Waals surface area contributed by atoms with E-state index in [0.29, 0.717) is 33.1 Å². The van der Waals surface area contributed by atoms with Crippen LogP contribution < -0.4 is 26.5 Å². The number of amides is 3. The maximum atomic E-state index is 13.2. The van der Waals surface area contributed by atoms with Crippen molar-refractivity contribution in [2.45, 2.75) is 32.4 Å². The summed E-state index contributed by atoms with van der Waals surface area (Å²) in [5.74, 6) is -0.436. The second-order valence-electron chi connectivity index (χ2n) is 10.8. The van der Waals surface area contributed by atoms with Crippen LogP contribution in [-0.4, -0.2) is 66.1 Å². The lowest BCUT2D eigenvalue weighted by Gasteiger charge is -2.23. The van der Waals surface area contributed by atoms with E-state index in [-0.39, 0.29) is 6.54 Å². The molecule has 3 amide bonds. The summed E-state index contributed by atoms with van der Waals surface area (Å²) in [6.07, 6.45) is 4.87. The molecule has 0 spiro atoms. The van der Waals surface area contributed by atoms with Gasteiger partial charge < -0.3 is 20.1 Å². The number of nitrogens with one attached hydrogen (secondary N) is 4. The predicted molar refractivity (Wildman–Crippen MR) is 171 cm³/mol. The van der Waals surface area contributed by atoms with E-state index in [1.54, 1.807) is 93.8 Å². The van der Waals surface area contributed by atoms with Gasteiger partial charge >= 0.3 is 12.2 Å². The number of benzene rings is 2. The van der Waals surface area contributed by atoms with Crippen molar-refractivity contribution in [1.82, 2.24) is 31.5 Å². The highest BCUT2D eigenvalue weighted by molar-refractivity contribution is 6.30. The number of rotatable bonds is 9. The van der Waals surface area contributed by atoms with Crippen molar-refractivity contribution in [1.29, 1.82) is 0 Å². The van der Waals surface area contributed by atoms with Gasteiger partial charge in [-0.1, -0.05) is 23.7 Å². The molecule has 1 aliphatic heterocycles. The molecule has 0 fully saturated rings. The Bertz CT molecular complexity index is 1590. The molecule has 0 saturated heterocycles. The highest BCUT2D eigenvalue weighted by Crippen LogP contribution is 2.26. The Kier molecular flexibility index (Phi) is 10.5. The molecule has 1 unspecified atom stereocenters. The predicted octanol–water partition coefficient (Wildman–Crippen LogP) is 4.49. The molecule has 2 aromatic carbocycles. The zero-order valence-electron chi connectivity index (χ0n) is 25.4. The van der Waals surface area contributed by atoms with E-state index in [9.17, 15) is 14.4 Å². The van der Waals surface area contributed by atoms with E-state index in [0.717, 1.165) is 5.69 Å². The van der Waals surface area contributed by atoms with Crippen LogP contribution in [0.15, 0.2) is 65.9 Å². The standard InChI is InChI=1S/C30H34ClN9O5/c1-30(2,3)45-28(42)32-17-25(21-15-24(37-33-16-21)19-6-10-23(11-7-19)35-29(43)44-5)36-27(41)13-8-20-14-22(31)9-12-26(20)40-18-34-39(4)38-40/h6-16,18,25,38H,17H2,1-5H3,(H,32,42)(H,35,43)(H,36,41)/b13-8+. The van der Waals surface area contributed by atoms with Crippen LogP contribution in [0.5, 0.6) is 0 Å². The first-order valence-electron chi connectivity index (χ1n) is 13.8. The van der Waals surface area contributed by atoms with Crippen LogP contribution in [0.1, 0.15) is 37.9 Å². The largest absolute Gasteiger partial charge is 0.453 e. The zero-order valence-corrected chi connectivity index (χ0v) is 26.1. The zero-order chi connectivity index (χ0) is 32.6. The van der Waals surface area contributed by atoms with Gasteiger partial charge in [0.1, 0.15) is 11.9 Å². The van der Waals surface area contributed by atoms with Gasteiger partial charge in [-0.05, 0) is 68.8 Å². The lowest BCUT2D eigenvalue weighted by Crippen LogP contribution is -2.39. The lowest BCUT2D eigenvalue weighted by atomic mass is 10.1. The normalized spacial score (nSPS) is 13.5.